The van der Waals surface area contributed by atoms with Gasteiger partial charge in [0.2, 0.25) is 0 Å². The lowest BCUT2D eigenvalue weighted by atomic mass is 9.59. The molecular formula is C31H32F3N3O6S. The minimum Gasteiger partial charge on any atom is -0.478 e. The molecule has 1 N–H and O–H groups in total. The molecule has 4 aliphatic carbocycles. The van der Waals surface area contributed by atoms with E-state index < -0.39 is 18.1 Å². The molecule has 0 radical (unpaired) electrons. The van der Waals surface area contributed by atoms with Crippen molar-refractivity contribution < 1.29 is 41.9 Å². The number of carboxylic acids is 1. The number of alkyl halides is 3. The maximum atomic E-state index is 13.9. The number of benzene rings is 1. The van der Waals surface area contributed by atoms with Crippen molar-refractivity contribution in [1.29, 1.82) is 0 Å². The summed E-state index contributed by atoms with van der Waals surface area (Å²) >= 11 is 1.15. The summed E-state index contributed by atoms with van der Waals surface area (Å²) in [6, 6.07) is 2.14. The molecule has 3 atom stereocenters. The monoisotopic (exact) mass is 631 g/mol. The fourth-order valence-electron chi connectivity index (χ4n) is 8.26. The summed E-state index contributed by atoms with van der Waals surface area (Å²) in [6.45, 7) is 0. The Balaban J connectivity index is 1.04. The van der Waals surface area contributed by atoms with Crippen LogP contribution in [0.25, 0.3) is 10.2 Å². The quantitative estimate of drug-likeness (QED) is 0.268. The predicted molar refractivity (Wildman–Crippen MR) is 152 cm³/mol. The summed E-state index contributed by atoms with van der Waals surface area (Å²) in [7, 11) is 0. The van der Waals surface area contributed by atoms with Gasteiger partial charge < -0.3 is 24.0 Å². The van der Waals surface area contributed by atoms with Crippen molar-refractivity contribution in [3.05, 3.63) is 34.7 Å². The van der Waals surface area contributed by atoms with Gasteiger partial charge in [0, 0.05) is 36.3 Å². The number of hydrogen-bond donors (Lipinski definition) is 1. The molecule has 2 aliphatic heterocycles. The number of aromatic carboxylic acids is 1. The van der Waals surface area contributed by atoms with E-state index in [1.165, 1.54) is 6.07 Å². The van der Waals surface area contributed by atoms with E-state index in [9.17, 15) is 27.9 Å². The number of piperidine rings is 1. The summed E-state index contributed by atoms with van der Waals surface area (Å²) < 4.78 is 56.0. The second kappa shape index (κ2) is 10.1. The van der Waals surface area contributed by atoms with Gasteiger partial charge in [-0.15, -0.1) is 13.2 Å². The van der Waals surface area contributed by atoms with Gasteiger partial charge in [0.25, 0.3) is 0 Å². The minimum absolute atomic E-state index is 0.0184. The summed E-state index contributed by atoms with van der Waals surface area (Å²) in [5.41, 5.74) is 0.920. The molecule has 6 aliphatic rings. The number of ether oxygens (including phenoxy) is 2. The molecule has 4 bridgehead atoms. The molecule has 9 rings (SSSR count). The first-order chi connectivity index (χ1) is 21.1. The van der Waals surface area contributed by atoms with Gasteiger partial charge in [-0.1, -0.05) is 16.5 Å². The fourth-order valence-corrected chi connectivity index (χ4v) is 9.43. The van der Waals surface area contributed by atoms with Crippen LogP contribution in [0.5, 0.6) is 5.75 Å². The van der Waals surface area contributed by atoms with Gasteiger partial charge in [0.15, 0.2) is 16.6 Å². The van der Waals surface area contributed by atoms with E-state index in [2.05, 4.69) is 19.8 Å². The van der Waals surface area contributed by atoms with Crippen molar-refractivity contribution in [1.82, 2.24) is 10.1 Å². The van der Waals surface area contributed by atoms with E-state index in [0.29, 0.717) is 34.0 Å². The fraction of sp³-hybridized carbons (Fsp3) is 0.613. The molecule has 6 fully saturated rings. The van der Waals surface area contributed by atoms with Crippen molar-refractivity contribution in [3.8, 4) is 5.75 Å². The summed E-state index contributed by atoms with van der Waals surface area (Å²) in [4.78, 5) is 32.1. The van der Waals surface area contributed by atoms with Crippen LogP contribution in [0.4, 0.5) is 18.3 Å². The second-order valence-electron chi connectivity index (χ2n) is 13.3. The number of carbonyl (C=O) groups is 2. The van der Waals surface area contributed by atoms with Crippen LogP contribution in [-0.2, 0) is 10.2 Å². The molecule has 234 valence electrons. The van der Waals surface area contributed by atoms with Crippen LogP contribution >= 0.6 is 11.3 Å². The number of aromatic nitrogens is 2. The number of thiazole rings is 1. The van der Waals surface area contributed by atoms with Crippen LogP contribution in [0.15, 0.2) is 16.7 Å². The molecule has 2 saturated heterocycles. The van der Waals surface area contributed by atoms with Crippen LogP contribution in [0.1, 0.15) is 115 Å². The summed E-state index contributed by atoms with van der Waals surface area (Å²) in [5, 5.41) is 14.5. The van der Waals surface area contributed by atoms with Crippen molar-refractivity contribution in [2.24, 2.45) is 5.92 Å². The Labute approximate surface area is 254 Å². The molecule has 1 unspecified atom stereocenters. The topological polar surface area (TPSA) is 115 Å². The average molecular weight is 632 g/mol. The SMILES string of the molecule is O=C(O)c1cc(OC(F)(F)F)c2nc(N3[C@@H]4CC[C@H]3CC(OC(=O)c3c(C56CCC(CC5)CC6)noc3C3CC3)C4)sc2c1. The van der Waals surface area contributed by atoms with E-state index >= 15 is 0 Å². The first-order valence-electron chi connectivity index (χ1n) is 15.5. The lowest BCUT2D eigenvalue weighted by molar-refractivity contribution is -0.274. The van der Waals surface area contributed by atoms with Crippen molar-refractivity contribution >= 4 is 38.6 Å². The van der Waals surface area contributed by atoms with Crippen molar-refractivity contribution in [2.75, 3.05) is 4.90 Å². The first-order valence-corrected chi connectivity index (χ1v) is 16.3. The number of anilines is 1. The Bertz CT molecular complexity index is 1610. The van der Waals surface area contributed by atoms with Crippen LogP contribution in [0.3, 0.4) is 0 Å². The molecule has 13 heteroatoms. The molecule has 3 aromatic rings. The zero-order chi connectivity index (χ0) is 30.4. The smallest absolute Gasteiger partial charge is 0.478 e. The number of esters is 1. The van der Waals surface area contributed by atoms with Gasteiger partial charge in [-0.2, -0.15) is 0 Å². The lowest BCUT2D eigenvalue weighted by Gasteiger charge is -2.45. The Morgan fingerprint density at radius 3 is 2.32 bits per heavy atom. The zero-order valence-electron chi connectivity index (χ0n) is 23.9. The van der Waals surface area contributed by atoms with E-state index in [0.717, 1.165) is 93.2 Å². The first kappa shape index (κ1) is 28.1. The average Bonchev–Trinajstić information content (AvgIpc) is 3.46. The summed E-state index contributed by atoms with van der Waals surface area (Å²) in [6.07, 6.45) is 6.03. The number of nitrogens with zero attached hydrogens (tertiary/aromatic N) is 3. The molecule has 4 heterocycles. The number of fused-ring (bicyclic) bond motifs is 6. The molecule has 2 aromatic heterocycles. The number of carboxylic acid groups (broad SMARTS) is 1. The number of halogens is 3. The minimum atomic E-state index is -4.99. The van der Waals surface area contributed by atoms with Crippen LogP contribution in [-0.4, -0.2) is 51.7 Å². The Hall–Kier alpha value is -3.35. The van der Waals surface area contributed by atoms with Crippen molar-refractivity contribution in [2.45, 2.75) is 113 Å². The maximum absolute atomic E-state index is 13.9. The van der Waals surface area contributed by atoms with Crippen LogP contribution in [0, 0.1) is 5.92 Å². The number of rotatable bonds is 7. The number of hydrogen-bond acceptors (Lipinski definition) is 9. The van der Waals surface area contributed by atoms with E-state index in [1.54, 1.807) is 0 Å². The van der Waals surface area contributed by atoms with Gasteiger partial charge in [0.05, 0.1) is 10.3 Å². The van der Waals surface area contributed by atoms with Crippen LogP contribution < -0.4 is 9.64 Å². The highest BCUT2D eigenvalue weighted by Gasteiger charge is 2.49. The van der Waals surface area contributed by atoms with Gasteiger partial charge in [0.1, 0.15) is 22.9 Å². The van der Waals surface area contributed by atoms with Gasteiger partial charge in [-0.3, -0.25) is 0 Å². The van der Waals surface area contributed by atoms with Gasteiger partial charge in [-0.05, 0) is 82.3 Å². The molecule has 44 heavy (non-hydrogen) atoms. The molecule has 0 spiro atoms. The van der Waals surface area contributed by atoms with Crippen LogP contribution in [0.2, 0.25) is 0 Å². The van der Waals surface area contributed by atoms with E-state index in [-0.39, 0.29) is 46.6 Å². The highest BCUT2D eigenvalue weighted by atomic mass is 32.1. The van der Waals surface area contributed by atoms with E-state index in [1.807, 2.05) is 0 Å². The number of carbonyl (C=O) groups excluding carboxylic acids is 1. The standard InChI is InChI=1S/C31H32F3N3O6S/c32-31(33,34)42-21-11-17(27(38)39)12-22-24(21)35-29(44-22)37-18-3-4-19(37)14-20(13-18)41-28(40)23-25(16-1-2-16)43-36-26(23)30-8-5-15(6-9-30)7-10-30/h11-12,15-16,18-20H,1-10,13-14H2,(H,38,39)/t15?,18-,19+,20?,30?. The predicted octanol–water partition coefficient (Wildman–Crippen LogP) is 7.34. The third kappa shape index (κ3) is 4.82. The zero-order valence-corrected chi connectivity index (χ0v) is 24.7. The lowest BCUT2D eigenvalue weighted by Crippen LogP contribution is -2.46. The normalized spacial score (nSPS) is 29.8. The Kier molecular flexibility index (Phi) is 6.45. The van der Waals surface area contributed by atoms with E-state index in [4.69, 9.17) is 9.26 Å². The largest absolute Gasteiger partial charge is 0.573 e. The van der Waals surface area contributed by atoms with Crippen molar-refractivity contribution in [3.63, 3.8) is 0 Å². The third-order valence-electron chi connectivity index (χ3n) is 10.6. The third-order valence-corrected chi connectivity index (χ3v) is 11.6. The molecule has 9 nitrogen and oxygen atoms in total. The Morgan fingerprint density at radius 2 is 1.70 bits per heavy atom. The molecule has 0 amide bonds. The summed E-state index contributed by atoms with van der Waals surface area (Å²) in [5.74, 6) is -0.653. The molecule has 4 saturated carbocycles. The Morgan fingerprint density at radius 1 is 1.02 bits per heavy atom. The van der Waals surface area contributed by atoms with Gasteiger partial charge in [-0.25, -0.2) is 14.6 Å². The molecule has 1 aromatic carbocycles. The maximum Gasteiger partial charge on any atom is 0.573 e. The highest BCUT2D eigenvalue weighted by molar-refractivity contribution is 7.22. The molecular weight excluding hydrogens is 599 g/mol. The highest BCUT2D eigenvalue weighted by Crippen LogP contribution is 2.54. The van der Waals surface area contributed by atoms with Gasteiger partial charge >= 0.3 is 18.3 Å². The second-order valence-corrected chi connectivity index (χ2v) is 14.3.